The van der Waals surface area contributed by atoms with Crippen LogP contribution in [0.4, 0.5) is 0 Å². The lowest BCUT2D eigenvalue weighted by Gasteiger charge is -2.27. The van der Waals surface area contributed by atoms with Gasteiger partial charge in [0.2, 0.25) is 0 Å². The fraction of sp³-hybridized carbons (Fsp3) is 0.538. The summed E-state index contributed by atoms with van der Waals surface area (Å²) in [5.41, 5.74) is 0.810. The van der Waals surface area contributed by atoms with E-state index in [-0.39, 0.29) is 0 Å². The molecule has 1 nitrogen and oxygen atoms in total. The van der Waals surface area contributed by atoms with Gasteiger partial charge in [0.1, 0.15) is 0 Å². The highest BCUT2D eigenvalue weighted by molar-refractivity contribution is 5.18. The minimum atomic E-state index is -0.443. The SMILES string of the molecule is CC1CCCC1(O)Cc1ccccc1. The molecule has 2 unspecified atom stereocenters. The second-order valence-electron chi connectivity index (χ2n) is 4.56. The maximum atomic E-state index is 10.4. The third kappa shape index (κ3) is 1.83. The van der Waals surface area contributed by atoms with Crippen LogP contribution in [0, 0.1) is 5.92 Å². The van der Waals surface area contributed by atoms with E-state index in [0.29, 0.717) is 5.92 Å². The lowest BCUT2D eigenvalue weighted by atomic mass is 9.86. The quantitative estimate of drug-likeness (QED) is 0.760. The van der Waals surface area contributed by atoms with E-state index in [1.807, 2.05) is 18.2 Å². The lowest BCUT2D eigenvalue weighted by molar-refractivity contribution is 0.00960. The van der Waals surface area contributed by atoms with E-state index in [9.17, 15) is 5.11 Å². The van der Waals surface area contributed by atoms with Crippen molar-refractivity contribution in [2.24, 2.45) is 5.92 Å². The number of hydrogen-bond donors (Lipinski definition) is 1. The molecule has 0 amide bonds. The fourth-order valence-electron chi connectivity index (χ4n) is 2.44. The van der Waals surface area contributed by atoms with E-state index >= 15 is 0 Å². The van der Waals surface area contributed by atoms with Crippen LogP contribution in [-0.2, 0) is 6.42 Å². The number of hydrogen-bond acceptors (Lipinski definition) is 1. The van der Waals surface area contributed by atoms with Crippen molar-refractivity contribution >= 4 is 0 Å². The summed E-state index contributed by atoms with van der Waals surface area (Å²) in [6.45, 7) is 2.16. The summed E-state index contributed by atoms with van der Waals surface area (Å²) < 4.78 is 0. The summed E-state index contributed by atoms with van der Waals surface area (Å²) in [7, 11) is 0. The van der Waals surface area contributed by atoms with Crippen LogP contribution in [0.15, 0.2) is 30.3 Å². The summed E-state index contributed by atoms with van der Waals surface area (Å²) in [6.07, 6.45) is 4.12. The molecule has 2 atom stereocenters. The van der Waals surface area contributed by atoms with Crippen molar-refractivity contribution in [2.45, 2.75) is 38.2 Å². The Morgan fingerprint density at radius 2 is 2.07 bits per heavy atom. The predicted octanol–water partition coefficient (Wildman–Crippen LogP) is 2.78. The zero-order valence-electron chi connectivity index (χ0n) is 8.74. The van der Waals surface area contributed by atoms with Crippen molar-refractivity contribution in [3.63, 3.8) is 0 Å². The van der Waals surface area contributed by atoms with Gasteiger partial charge in [0.15, 0.2) is 0 Å². The number of benzene rings is 1. The highest BCUT2D eigenvalue weighted by Gasteiger charge is 2.37. The molecule has 1 aromatic carbocycles. The molecule has 1 aliphatic rings. The van der Waals surface area contributed by atoms with Gasteiger partial charge in [0, 0.05) is 6.42 Å². The first-order chi connectivity index (χ1) is 6.71. The first kappa shape index (κ1) is 9.72. The van der Waals surface area contributed by atoms with Crippen LogP contribution in [0.1, 0.15) is 31.7 Å². The molecular formula is C13H18O. The Bertz CT molecular complexity index is 293. The van der Waals surface area contributed by atoms with Gasteiger partial charge in [-0.15, -0.1) is 0 Å². The zero-order chi connectivity index (χ0) is 10.0. The van der Waals surface area contributed by atoms with E-state index < -0.39 is 5.60 Å². The van der Waals surface area contributed by atoms with Gasteiger partial charge in [-0.1, -0.05) is 43.7 Å². The molecule has 1 fully saturated rings. The van der Waals surface area contributed by atoms with Crippen molar-refractivity contribution in [1.82, 2.24) is 0 Å². The third-order valence-corrected chi connectivity index (χ3v) is 3.52. The molecule has 1 aromatic rings. The van der Waals surface area contributed by atoms with Gasteiger partial charge in [-0.2, -0.15) is 0 Å². The molecule has 0 aromatic heterocycles. The summed E-state index contributed by atoms with van der Waals surface area (Å²) in [5, 5.41) is 10.4. The van der Waals surface area contributed by atoms with Crippen LogP contribution >= 0.6 is 0 Å². The monoisotopic (exact) mass is 190 g/mol. The van der Waals surface area contributed by atoms with Gasteiger partial charge in [-0.3, -0.25) is 0 Å². The van der Waals surface area contributed by atoms with E-state index in [1.165, 1.54) is 18.4 Å². The predicted molar refractivity (Wildman–Crippen MR) is 58.1 cm³/mol. The van der Waals surface area contributed by atoms with Crippen LogP contribution in [-0.4, -0.2) is 10.7 Å². The summed E-state index contributed by atoms with van der Waals surface area (Å²) in [4.78, 5) is 0. The molecule has 76 valence electrons. The molecular weight excluding hydrogens is 172 g/mol. The average Bonchev–Trinajstić information content (AvgIpc) is 2.48. The molecule has 0 saturated heterocycles. The molecule has 2 rings (SSSR count). The summed E-state index contributed by atoms with van der Waals surface area (Å²) in [6, 6.07) is 10.3. The minimum Gasteiger partial charge on any atom is -0.389 e. The standard InChI is InChI=1S/C13H18O/c1-11-6-5-9-13(11,14)10-12-7-3-2-4-8-12/h2-4,7-8,11,14H,5-6,9-10H2,1H3. The van der Waals surface area contributed by atoms with Crippen LogP contribution in [0.3, 0.4) is 0 Å². The van der Waals surface area contributed by atoms with Crippen LogP contribution in [0.2, 0.25) is 0 Å². The Balaban J connectivity index is 2.10. The number of rotatable bonds is 2. The molecule has 0 heterocycles. The largest absolute Gasteiger partial charge is 0.389 e. The van der Waals surface area contributed by atoms with Crippen molar-refractivity contribution in [1.29, 1.82) is 0 Å². The Labute approximate surface area is 85.8 Å². The highest BCUT2D eigenvalue weighted by Crippen LogP contribution is 2.37. The van der Waals surface area contributed by atoms with Crippen molar-refractivity contribution in [3.05, 3.63) is 35.9 Å². The molecule has 1 saturated carbocycles. The van der Waals surface area contributed by atoms with Gasteiger partial charge in [0.05, 0.1) is 5.60 Å². The van der Waals surface area contributed by atoms with Crippen molar-refractivity contribution in [2.75, 3.05) is 0 Å². The Morgan fingerprint density at radius 3 is 2.64 bits per heavy atom. The Morgan fingerprint density at radius 1 is 1.36 bits per heavy atom. The topological polar surface area (TPSA) is 20.2 Å². The minimum absolute atomic E-state index is 0.443. The molecule has 0 bridgehead atoms. The molecule has 1 aliphatic carbocycles. The van der Waals surface area contributed by atoms with Gasteiger partial charge in [0.25, 0.3) is 0 Å². The maximum absolute atomic E-state index is 10.4. The average molecular weight is 190 g/mol. The fourth-order valence-corrected chi connectivity index (χ4v) is 2.44. The normalized spacial score (nSPS) is 32.0. The summed E-state index contributed by atoms with van der Waals surface area (Å²) >= 11 is 0. The molecule has 0 radical (unpaired) electrons. The van der Waals surface area contributed by atoms with E-state index in [4.69, 9.17) is 0 Å². The third-order valence-electron chi connectivity index (χ3n) is 3.52. The van der Waals surface area contributed by atoms with Crippen LogP contribution in [0.5, 0.6) is 0 Å². The van der Waals surface area contributed by atoms with Gasteiger partial charge >= 0.3 is 0 Å². The lowest BCUT2D eigenvalue weighted by Crippen LogP contribution is -2.33. The van der Waals surface area contributed by atoms with Crippen molar-refractivity contribution < 1.29 is 5.11 Å². The second kappa shape index (κ2) is 3.74. The smallest absolute Gasteiger partial charge is 0.0713 e. The molecule has 14 heavy (non-hydrogen) atoms. The van der Waals surface area contributed by atoms with Gasteiger partial charge in [-0.05, 0) is 24.3 Å². The summed E-state index contributed by atoms with van der Waals surface area (Å²) in [5.74, 6) is 0.447. The van der Waals surface area contributed by atoms with Crippen LogP contribution in [0.25, 0.3) is 0 Å². The molecule has 1 heteroatoms. The highest BCUT2D eigenvalue weighted by atomic mass is 16.3. The first-order valence-electron chi connectivity index (χ1n) is 5.47. The van der Waals surface area contributed by atoms with Gasteiger partial charge in [-0.25, -0.2) is 0 Å². The number of aliphatic hydroxyl groups is 1. The van der Waals surface area contributed by atoms with E-state index in [0.717, 1.165) is 12.8 Å². The van der Waals surface area contributed by atoms with E-state index in [1.54, 1.807) is 0 Å². The first-order valence-corrected chi connectivity index (χ1v) is 5.47. The maximum Gasteiger partial charge on any atom is 0.0713 e. The molecule has 1 N–H and O–H groups in total. The molecule has 0 spiro atoms. The second-order valence-corrected chi connectivity index (χ2v) is 4.56. The zero-order valence-corrected chi connectivity index (χ0v) is 8.74. The van der Waals surface area contributed by atoms with Gasteiger partial charge < -0.3 is 5.11 Å². The Kier molecular flexibility index (Phi) is 2.60. The Hall–Kier alpha value is -0.820. The van der Waals surface area contributed by atoms with Crippen molar-refractivity contribution in [3.8, 4) is 0 Å². The van der Waals surface area contributed by atoms with E-state index in [2.05, 4.69) is 19.1 Å². The molecule has 0 aliphatic heterocycles. The van der Waals surface area contributed by atoms with Crippen LogP contribution < -0.4 is 0 Å².